The molecule has 7 heteroatoms. The third-order valence-electron chi connectivity index (χ3n) is 3.15. The van der Waals surface area contributed by atoms with E-state index in [-0.39, 0.29) is 11.5 Å². The first-order chi connectivity index (χ1) is 8.93. The van der Waals surface area contributed by atoms with Gasteiger partial charge in [-0.15, -0.1) is 0 Å². The van der Waals surface area contributed by atoms with E-state index in [1.54, 1.807) is 13.2 Å². The second kappa shape index (κ2) is 5.34. The van der Waals surface area contributed by atoms with Crippen molar-refractivity contribution in [2.75, 3.05) is 36.6 Å². The maximum absolute atomic E-state index is 11.4. The van der Waals surface area contributed by atoms with Crippen LogP contribution in [-0.2, 0) is 9.84 Å². The van der Waals surface area contributed by atoms with E-state index in [4.69, 9.17) is 22.7 Å². The summed E-state index contributed by atoms with van der Waals surface area (Å²) in [6.45, 7) is 0.955. The Hall–Kier alpha value is -1.34. The molecule has 0 saturated carbocycles. The van der Waals surface area contributed by atoms with Crippen molar-refractivity contribution in [2.45, 2.75) is 0 Å². The molecule has 1 aliphatic rings. The van der Waals surface area contributed by atoms with E-state index in [1.165, 1.54) is 0 Å². The highest BCUT2D eigenvalue weighted by Gasteiger charge is 2.23. The van der Waals surface area contributed by atoms with Gasteiger partial charge in [0.1, 0.15) is 10.7 Å². The van der Waals surface area contributed by atoms with E-state index in [0.29, 0.717) is 23.8 Å². The van der Waals surface area contributed by atoms with Crippen LogP contribution >= 0.6 is 12.2 Å². The quantitative estimate of drug-likeness (QED) is 0.823. The molecule has 0 amide bonds. The van der Waals surface area contributed by atoms with Gasteiger partial charge in [0.15, 0.2) is 9.84 Å². The van der Waals surface area contributed by atoms with Crippen LogP contribution in [-0.4, -0.2) is 45.1 Å². The molecule has 104 valence electrons. The van der Waals surface area contributed by atoms with Crippen molar-refractivity contribution in [3.05, 3.63) is 23.8 Å². The number of hydrogen-bond acceptors (Lipinski definition) is 5. The maximum atomic E-state index is 11.4. The fraction of sp³-hybridized carbons (Fsp3) is 0.417. The van der Waals surface area contributed by atoms with Crippen LogP contribution in [0.2, 0.25) is 0 Å². The van der Waals surface area contributed by atoms with Crippen molar-refractivity contribution in [3.8, 4) is 5.75 Å². The molecule has 5 nitrogen and oxygen atoms in total. The van der Waals surface area contributed by atoms with Crippen LogP contribution in [0.25, 0.3) is 0 Å². The predicted molar refractivity (Wildman–Crippen MR) is 79.7 cm³/mol. The summed E-state index contributed by atoms with van der Waals surface area (Å²) in [6, 6.07) is 5.47. The molecule has 0 unspecified atom stereocenters. The molecule has 0 aromatic heterocycles. The van der Waals surface area contributed by atoms with Crippen LogP contribution in [0.4, 0.5) is 5.69 Å². The summed E-state index contributed by atoms with van der Waals surface area (Å²) in [5.41, 5.74) is 7.19. The predicted octanol–water partition coefficient (Wildman–Crippen LogP) is 0.564. The topological polar surface area (TPSA) is 72.6 Å². The van der Waals surface area contributed by atoms with Gasteiger partial charge in [0.05, 0.1) is 24.3 Å². The molecule has 0 bridgehead atoms. The van der Waals surface area contributed by atoms with E-state index in [9.17, 15) is 8.42 Å². The number of nitrogens with zero attached hydrogens (tertiary/aromatic N) is 1. The minimum absolute atomic E-state index is 0.174. The minimum Gasteiger partial charge on any atom is -0.495 e. The van der Waals surface area contributed by atoms with E-state index >= 15 is 0 Å². The molecule has 0 radical (unpaired) electrons. The van der Waals surface area contributed by atoms with Gasteiger partial charge in [-0.2, -0.15) is 0 Å². The maximum Gasteiger partial charge on any atom is 0.153 e. The van der Waals surface area contributed by atoms with Crippen LogP contribution in [0.1, 0.15) is 5.56 Å². The molecule has 2 N–H and O–H groups in total. The number of anilines is 1. The number of sulfone groups is 1. The normalized spacial score (nSPS) is 18.1. The largest absolute Gasteiger partial charge is 0.495 e. The Morgan fingerprint density at radius 3 is 2.53 bits per heavy atom. The number of nitrogens with two attached hydrogens (primary N) is 1. The molecule has 1 saturated heterocycles. The Bertz CT molecular complexity index is 585. The third-order valence-corrected chi connectivity index (χ3v) is 4.99. The van der Waals surface area contributed by atoms with Crippen LogP contribution in [0.3, 0.4) is 0 Å². The standard InChI is InChI=1S/C12H16N2O3S2/c1-17-11-8-9(12(13)18)2-3-10(11)14-4-6-19(15,16)7-5-14/h2-3,8H,4-7H2,1H3,(H2,13,18). The van der Waals surface area contributed by atoms with E-state index in [2.05, 4.69) is 0 Å². The molecule has 1 fully saturated rings. The SMILES string of the molecule is COc1cc(C(N)=S)ccc1N1CCS(=O)(=O)CC1. The average molecular weight is 300 g/mol. The van der Waals surface area contributed by atoms with Gasteiger partial charge in [-0.1, -0.05) is 12.2 Å². The van der Waals surface area contributed by atoms with E-state index in [1.807, 2.05) is 17.0 Å². The highest BCUT2D eigenvalue weighted by Crippen LogP contribution is 2.30. The Labute approximate surface area is 118 Å². The zero-order chi connectivity index (χ0) is 14.0. The van der Waals surface area contributed by atoms with Gasteiger partial charge in [0, 0.05) is 18.7 Å². The summed E-state index contributed by atoms with van der Waals surface area (Å²) >= 11 is 4.93. The highest BCUT2D eigenvalue weighted by molar-refractivity contribution is 7.91. The molecule has 0 aliphatic carbocycles. The van der Waals surface area contributed by atoms with Crippen molar-refractivity contribution in [1.82, 2.24) is 0 Å². The van der Waals surface area contributed by atoms with Gasteiger partial charge < -0.3 is 15.4 Å². The van der Waals surface area contributed by atoms with Crippen LogP contribution < -0.4 is 15.4 Å². The molecular formula is C12H16N2O3S2. The van der Waals surface area contributed by atoms with Crippen LogP contribution in [0.5, 0.6) is 5.75 Å². The minimum atomic E-state index is -2.89. The fourth-order valence-corrected chi connectivity index (χ4v) is 3.37. The third kappa shape index (κ3) is 3.16. The Morgan fingerprint density at radius 1 is 1.37 bits per heavy atom. The number of methoxy groups -OCH3 is 1. The number of thiocarbonyl (C=S) groups is 1. The smallest absolute Gasteiger partial charge is 0.153 e. The number of benzene rings is 1. The molecular weight excluding hydrogens is 284 g/mol. The molecule has 19 heavy (non-hydrogen) atoms. The monoisotopic (exact) mass is 300 g/mol. The summed E-state index contributed by atoms with van der Waals surface area (Å²) in [5.74, 6) is 1.00. The second-order valence-corrected chi connectivity index (χ2v) is 7.13. The lowest BCUT2D eigenvalue weighted by molar-refractivity contribution is 0.414. The zero-order valence-electron chi connectivity index (χ0n) is 10.6. The molecule has 0 spiro atoms. The second-order valence-electron chi connectivity index (χ2n) is 4.39. The van der Waals surface area contributed by atoms with Crippen molar-refractivity contribution < 1.29 is 13.2 Å². The summed E-state index contributed by atoms with van der Waals surface area (Å²) < 4.78 is 28.2. The van der Waals surface area contributed by atoms with Crippen molar-refractivity contribution in [3.63, 3.8) is 0 Å². The van der Waals surface area contributed by atoms with E-state index < -0.39 is 9.84 Å². The van der Waals surface area contributed by atoms with Crippen LogP contribution in [0.15, 0.2) is 18.2 Å². The molecule has 1 aliphatic heterocycles. The first-order valence-electron chi connectivity index (χ1n) is 5.86. The molecule has 1 aromatic rings. The summed E-state index contributed by atoms with van der Waals surface area (Å²) in [5, 5.41) is 0. The summed E-state index contributed by atoms with van der Waals surface area (Å²) in [7, 11) is -1.32. The lowest BCUT2D eigenvalue weighted by atomic mass is 10.1. The Balaban J connectivity index is 2.28. The van der Waals surface area contributed by atoms with Gasteiger partial charge in [-0.25, -0.2) is 8.42 Å². The van der Waals surface area contributed by atoms with Gasteiger partial charge in [-0.05, 0) is 18.2 Å². The first-order valence-corrected chi connectivity index (χ1v) is 8.09. The van der Waals surface area contributed by atoms with Gasteiger partial charge in [0.2, 0.25) is 0 Å². The van der Waals surface area contributed by atoms with Crippen molar-refractivity contribution in [2.24, 2.45) is 5.73 Å². The lowest BCUT2D eigenvalue weighted by Crippen LogP contribution is -2.40. The Kier molecular flexibility index (Phi) is 3.96. The highest BCUT2D eigenvalue weighted by atomic mass is 32.2. The summed E-state index contributed by atoms with van der Waals surface area (Å²) in [6.07, 6.45) is 0. The Morgan fingerprint density at radius 2 is 2.00 bits per heavy atom. The molecule has 1 heterocycles. The van der Waals surface area contributed by atoms with Gasteiger partial charge in [0.25, 0.3) is 0 Å². The van der Waals surface area contributed by atoms with Crippen LogP contribution in [0, 0.1) is 0 Å². The first kappa shape index (κ1) is 14.1. The fourth-order valence-electron chi connectivity index (χ4n) is 2.05. The van der Waals surface area contributed by atoms with Crippen molar-refractivity contribution in [1.29, 1.82) is 0 Å². The zero-order valence-corrected chi connectivity index (χ0v) is 12.3. The van der Waals surface area contributed by atoms with Crippen molar-refractivity contribution >= 4 is 32.7 Å². The number of ether oxygens (including phenoxy) is 1. The summed E-state index contributed by atoms with van der Waals surface area (Å²) in [4.78, 5) is 2.31. The molecule has 1 aromatic carbocycles. The number of rotatable bonds is 3. The molecule has 2 rings (SSSR count). The number of hydrogen-bond donors (Lipinski definition) is 1. The lowest BCUT2D eigenvalue weighted by Gasteiger charge is -2.30. The van der Waals surface area contributed by atoms with E-state index in [0.717, 1.165) is 11.3 Å². The molecule has 0 atom stereocenters. The van der Waals surface area contributed by atoms with Gasteiger partial charge in [-0.3, -0.25) is 0 Å². The van der Waals surface area contributed by atoms with Gasteiger partial charge >= 0.3 is 0 Å². The average Bonchev–Trinajstić information content (AvgIpc) is 2.38.